The van der Waals surface area contributed by atoms with Crippen molar-refractivity contribution in [3.8, 4) is 0 Å². The topological polar surface area (TPSA) is 47.6 Å². The van der Waals surface area contributed by atoms with Gasteiger partial charge in [0.15, 0.2) is 0 Å². The highest BCUT2D eigenvalue weighted by molar-refractivity contribution is 5.72. The van der Waals surface area contributed by atoms with Crippen molar-refractivity contribution in [1.29, 1.82) is 0 Å². The highest BCUT2D eigenvalue weighted by Crippen LogP contribution is 2.25. The van der Waals surface area contributed by atoms with Crippen LogP contribution >= 0.6 is 0 Å². The zero-order valence-electron chi connectivity index (χ0n) is 11.9. The van der Waals surface area contributed by atoms with E-state index in [-0.39, 0.29) is 11.9 Å². The van der Waals surface area contributed by atoms with Gasteiger partial charge in [-0.2, -0.15) is 0 Å². The van der Waals surface area contributed by atoms with E-state index in [0.717, 1.165) is 38.7 Å². The van der Waals surface area contributed by atoms with Gasteiger partial charge in [0.05, 0.1) is 12.5 Å². The zero-order chi connectivity index (χ0) is 13.4. The lowest BCUT2D eigenvalue weighted by molar-refractivity contribution is -0.149. The van der Waals surface area contributed by atoms with Crippen LogP contribution in [0, 0.1) is 5.92 Å². The Hall–Kier alpha value is -0.610. The molecule has 1 unspecified atom stereocenters. The number of rotatable bonds is 7. The standard InChI is InChI=1S/C14H27NO3/c1-4-18-14(16)12-5-7-13(8-6-12)15-11(2)9-10-17-3/h11-13,15H,4-10H2,1-3H3. The van der Waals surface area contributed by atoms with E-state index in [9.17, 15) is 4.79 Å². The Labute approximate surface area is 110 Å². The first-order valence-electron chi connectivity index (χ1n) is 7.09. The van der Waals surface area contributed by atoms with Crippen LogP contribution in [0.2, 0.25) is 0 Å². The van der Waals surface area contributed by atoms with Crippen LogP contribution < -0.4 is 5.32 Å². The van der Waals surface area contributed by atoms with E-state index in [1.807, 2.05) is 6.92 Å². The van der Waals surface area contributed by atoms with Crippen LogP contribution in [0.3, 0.4) is 0 Å². The number of esters is 1. The molecule has 0 aromatic carbocycles. The molecule has 0 amide bonds. The molecule has 0 aromatic rings. The van der Waals surface area contributed by atoms with Gasteiger partial charge in [-0.25, -0.2) is 0 Å². The van der Waals surface area contributed by atoms with E-state index in [4.69, 9.17) is 9.47 Å². The quantitative estimate of drug-likeness (QED) is 0.710. The Morgan fingerprint density at radius 1 is 1.33 bits per heavy atom. The van der Waals surface area contributed by atoms with Crippen LogP contribution in [-0.4, -0.2) is 38.4 Å². The molecule has 1 N–H and O–H groups in total. The third-order valence-corrected chi connectivity index (χ3v) is 3.62. The summed E-state index contributed by atoms with van der Waals surface area (Å²) in [5.74, 6) is 0.112. The van der Waals surface area contributed by atoms with Crippen LogP contribution in [0.1, 0.15) is 46.0 Å². The number of carbonyl (C=O) groups excluding carboxylic acids is 1. The summed E-state index contributed by atoms with van der Waals surface area (Å²) in [6.07, 6.45) is 5.08. The predicted octanol–water partition coefficient (Wildman–Crippen LogP) is 2.12. The normalized spacial score (nSPS) is 25.7. The first kappa shape index (κ1) is 15.4. The minimum Gasteiger partial charge on any atom is -0.466 e. The number of carbonyl (C=O) groups is 1. The molecule has 4 heteroatoms. The SMILES string of the molecule is CCOC(=O)C1CCC(NC(C)CCOC)CC1. The van der Waals surface area contributed by atoms with Crippen LogP contribution in [0.15, 0.2) is 0 Å². The minimum atomic E-state index is -0.0108. The summed E-state index contributed by atoms with van der Waals surface area (Å²) in [6, 6.07) is 1.02. The Kier molecular flexibility index (Phi) is 7.28. The van der Waals surface area contributed by atoms with Gasteiger partial charge < -0.3 is 14.8 Å². The number of nitrogens with one attached hydrogen (secondary N) is 1. The molecule has 1 fully saturated rings. The van der Waals surface area contributed by atoms with Crippen LogP contribution in [-0.2, 0) is 14.3 Å². The first-order valence-corrected chi connectivity index (χ1v) is 7.09. The van der Waals surface area contributed by atoms with Crippen molar-refractivity contribution in [2.75, 3.05) is 20.3 Å². The Bertz CT molecular complexity index is 237. The number of hydrogen-bond donors (Lipinski definition) is 1. The van der Waals surface area contributed by atoms with Gasteiger partial charge in [0.2, 0.25) is 0 Å². The molecule has 1 aliphatic rings. The molecule has 0 saturated heterocycles. The van der Waals surface area contributed by atoms with Crippen molar-refractivity contribution in [3.63, 3.8) is 0 Å². The maximum atomic E-state index is 11.6. The molecule has 4 nitrogen and oxygen atoms in total. The van der Waals surface area contributed by atoms with Gasteiger partial charge >= 0.3 is 5.97 Å². The molecule has 1 aliphatic carbocycles. The Balaban J connectivity index is 2.20. The maximum Gasteiger partial charge on any atom is 0.308 e. The highest BCUT2D eigenvalue weighted by atomic mass is 16.5. The second-order valence-electron chi connectivity index (χ2n) is 5.15. The lowest BCUT2D eigenvalue weighted by Gasteiger charge is -2.30. The van der Waals surface area contributed by atoms with Crippen LogP contribution in [0.5, 0.6) is 0 Å². The molecule has 0 spiro atoms. The fourth-order valence-electron chi connectivity index (χ4n) is 2.54. The molecule has 1 saturated carbocycles. The van der Waals surface area contributed by atoms with Crippen LogP contribution in [0.4, 0.5) is 0 Å². The van der Waals surface area contributed by atoms with Gasteiger partial charge in [0.25, 0.3) is 0 Å². The number of ether oxygens (including phenoxy) is 2. The molecule has 0 aromatic heterocycles. The fraction of sp³-hybridized carbons (Fsp3) is 0.929. The van der Waals surface area contributed by atoms with Gasteiger partial charge in [0, 0.05) is 25.8 Å². The van der Waals surface area contributed by atoms with E-state index in [0.29, 0.717) is 18.7 Å². The summed E-state index contributed by atoms with van der Waals surface area (Å²) in [5, 5.41) is 3.61. The van der Waals surface area contributed by atoms with Gasteiger partial charge in [0.1, 0.15) is 0 Å². The largest absolute Gasteiger partial charge is 0.466 e. The van der Waals surface area contributed by atoms with E-state index in [1.54, 1.807) is 7.11 Å². The van der Waals surface area contributed by atoms with Crippen molar-refractivity contribution >= 4 is 5.97 Å². The summed E-state index contributed by atoms with van der Waals surface area (Å²) in [4.78, 5) is 11.6. The van der Waals surface area contributed by atoms with E-state index >= 15 is 0 Å². The van der Waals surface area contributed by atoms with Crippen molar-refractivity contribution in [2.24, 2.45) is 5.92 Å². The zero-order valence-corrected chi connectivity index (χ0v) is 11.9. The monoisotopic (exact) mass is 257 g/mol. The molecule has 0 aliphatic heterocycles. The van der Waals surface area contributed by atoms with Crippen LogP contribution in [0.25, 0.3) is 0 Å². The van der Waals surface area contributed by atoms with Gasteiger partial charge in [-0.05, 0) is 46.0 Å². The molecule has 106 valence electrons. The third-order valence-electron chi connectivity index (χ3n) is 3.62. The fourth-order valence-corrected chi connectivity index (χ4v) is 2.54. The van der Waals surface area contributed by atoms with Gasteiger partial charge in [-0.15, -0.1) is 0 Å². The molecule has 0 heterocycles. The summed E-state index contributed by atoms with van der Waals surface area (Å²) >= 11 is 0. The lowest BCUT2D eigenvalue weighted by Crippen LogP contribution is -2.40. The Morgan fingerprint density at radius 3 is 2.56 bits per heavy atom. The predicted molar refractivity (Wildman–Crippen MR) is 71.5 cm³/mol. The Morgan fingerprint density at radius 2 is 2.00 bits per heavy atom. The third kappa shape index (κ3) is 5.36. The molecule has 0 radical (unpaired) electrons. The summed E-state index contributed by atoms with van der Waals surface area (Å²) in [6.45, 7) is 5.34. The van der Waals surface area contributed by atoms with Crippen molar-refractivity contribution in [3.05, 3.63) is 0 Å². The molecule has 1 atom stereocenters. The lowest BCUT2D eigenvalue weighted by atomic mass is 9.85. The summed E-state index contributed by atoms with van der Waals surface area (Å²) < 4.78 is 10.2. The summed E-state index contributed by atoms with van der Waals surface area (Å²) in [7, 11) is 1.73. The highest BCUT2D eigenvalue weighted by Gasteiger charge is 2.27. The van der Waals surface area contributed by atoms with E-state index in [2.05, 4.69) is 12.2 Å². The molecule has 18 heavy (non-hydrogen) atoms. The number of hydrogen-bond acceptors (Lipinski definition) is 4. The second kappa shape index (κ2) is 8.48. The number of methoxy groups -OCH3 is 1. The molecular formula is C14H27NO3. The van der Waals surface area contributed by atoms with E-state index in [1.165, 1.54) is 0 Å². The molecule has 1 rings (SSSR count). The van der Waals surface area contributed by atoms with Gasteiger partial charge in [-0.3, -0.25) is 4.79 Å². The second-order valence-corrected chi connectivity index (χ2v) is 5.15. The van der Waals surface area contributed by atoms with Crippen molar-refractivity contribution in [1.82, 2.24) is 5.32 Å². The van der Waals surface area contributed by atoms with Crippen molar-refractivity contribution < 1.29 is 14.3 Å². The van der Waals surface area contributed by atoms with E-state index < -0.39 is 0 Å². The maximum absolute atomic E-state index is 11.6. The van der Waals surface area contributed by atoms with Gasteiger partial charge in [-0.1, -0.05) is 0 Å². The van der Waals surface area contributed by atoms with Crippen molar-refractivity contribution in [2.45, 2.75) is 58.0 Å². The molecule has 0 bridgehead atoms. The minimum absolute atomic E-state index is 0.0108. The molecular weight excluding hydrogens is 230 g/mol. The smallest absolute Gasteiger partial charge is 0.308 e. The average molecular weight is 257 g/mol. The summed E-state index contributed by atoms with van der Waals surface area (Å²) in [5.41, 5.74) is 0. The first-order chi connectivity index (χ1) is 8.67. The average Bonchev–Trinajstić information content (AvgIpc) is 2.37.